The summed E-state index contributed by atoms with van der Waals surface area (Å²) in [6.07, 6.45) is 5.61. The van der Waals surface area contributed by atoms with Gasteiger partial charge in [-0.3, -0.25) is 0 Å². The van der Waals surface area contributed by atoms with Crippen LogP contribution in [0.25, 0.3) is 0 Å². The number of ether oxygens (including phenoxy) is 2. The molecule has 0 radical (unpaired) electrons. The Hall–Kier alpha value is -0.460. The molecule has 0 aromatic carbocycles. The molecule has 0 saturated carbocycles. The maximum atomic E-state index is 9.71. The average molecular weight is 274 g/mol. The molecule has 0 bridgehead atoms. The molecule has 1 aliphatic rings. The van der Waals surface area contributed by atoms with Gasteiger partial charge >= 0.3 is 0 Å². The minimum atomic E-state index is -1.02. The summed E-state index contributed by atoms with van der Waals surface area (Å²) < 4.78 is 10.8. The molecular weight excluding hydrogens is 248 g/mol. The van der Waals surface area contributed by atoms with Crippen LogP contribution in [-0.4, -0.2) is 59.6 Å². The Balaban J connectivity index is 2.25. The SMILES string of the molecule is CCCCC/C=C/CO[C@@H]1[C@H]([C@H](O)CO)OC[C@@H]1O. The highest BCUT2D eigenvalue weighted by Crippen LogP contribution is 2.20. The first-order valence-corrected chi connectivity index (χ1v) is 7.05. The summed E-state index contributed by atoms with van der Waals surface area (Å²) >= 11 is 0. The molecule has 1 fully saturated rings. The van der Waals surface area contributed by atoms with E-state index in [1.54, 1.807) is 0 Å². The van der Waals surface area contributed by atoms with Crippen molar-refractivity contribution in [3.05, 3.63) is 12.2 Å². The maximum Gasteiger partial charge on any atom is 0.115 e. The lowest BCUT2D eigenvalue weighted by molar-refractivity contribution is -0.0879. The van der Waals surface area contributed by atoms with Crippen molar-refractivity contribution >= 4 is 0 Å². The monoisotopic (exact) mass is 274 g/mol. The molecule has 0 unspecified atom stereocenters. The summed E-state index contributed by atoms with van der Waals surface area (Å²) in [6, 6.07) is 0. The lowest BCUT2D eigenvalue weighted by Gasteiger charge is -2.23. The van der Waals surface area contributed by atoms with Gasteiger partial charge in [0, 0.05) is 0 Å². The van der Waals surface area contributed by atoms with E-state index in [4.69, 9.17) is 14.6 Å². The largest absolute Gasteiger partial charge is 0.394 e. The van der Waals surface area contributed by atoms with Crippen molar-refractivity contribution in [2.24, 2.45) is 0 Å². The summed E-state index contributed by atoms with van der Waals surface area (Å²) in [6.45, 7) is 2.28. The third kappa shape index (κ3) is 5.58. The van der Waals surface area contributed by atoms with Gasteiger partial charge in [-0.2, -0.15) is 0 Å². The zero-order chi connectivity index (χ0) is 14.1. The van der Waals surface area contributed by atoms with Crippen LogP contribution in [0.15, 0.2) is 12.2 Å². The molecule has 112 valence electrons. The van der Waals surface area contributed by atoms with Gasteiger partial charge in [0.1, 0.15) is 24.4 Å². The molecular formula is C14H26O5. The van der Waals surface area contributed by atoms with Gasteiger partial charge in [-0.05, 0) is 12.8 Å². The molecule has 5 heteroatoms. The quantitative estimate of drug-likeness (QED) is 0.424. The Morgan fingerprint density at radius 3 is 2.84 bits per heavy atom. The van der Waals surface area contributed by atoms with Gasteiger partial charge < -0.3 is 24.8 Å². The fraction of sp³-hybridized carbons (Fsp3) is 0.857. The van der Waals surface area contributed by atoms with Crippen molar-refractivity contribution in [2.45, 2.75) is 57.0 Å². The van der Waals surface area contributed by atoms with Crippen molar-refractivity contribution in [1.82, 2.24) is 0 Å². The van der Waals surface area contributed by atoms with Crippen LogP contribution in [0, 0.1) is 0 Å². The third-order valence-electron chi connectivity index (χ3n) is 3.25. The summed E-state index contributed by atoms with van der Waals surface area (Å²) in [4.78, 5) is 0. The zero-order valence-electron chi connectivity index (χ0n) is 11.6. The highest BCUT2D eigenvalue weighted by Gasteiger charge is 2.40. The zero-order valence-corrected chi connectivity index (χ0v) is 11.6. The van der Waals surface area contributed by atoms with E-state index in [2.05, 4.69) is 13.0 Å². The Kier molecular flexibility index (Phi) is 8.25. The summed E-state index contributed by atoms with van der Waals surface area (Å²) in [7, 11) is 0. The molecule has 0 aliphatic carbocycles. The van der Waals surface area contributed by atoms with Crippen molar-refractivity contribution < 1.29 is 24.8 Å². The second kappa shape index (κ2) is 9.44. The summed E-state index contributed by atoms with van der Waals surface area (Å²) in [5.41, 5.74) is 0. The van der Waals surface area contributed by atoms with Crippen LogP contribution in [0.3, 0.4) is 0 Å². The van der Waals surface area contributed by atoms with Gasteiger partial charge in [-0.25, -0.2) is 0 Å². The molecule has 0 spiro atoms. The Labute approximate surface area is 114 Å². The van der Waals surface area contributed by atoms with E-state index in [9.17, 15) is 10.2 Å². The molecule has 1 saturated heterocycles. The van der Waals surface area contributed by atoms with Crippen LogP contribution in [0.5, 0.6) is 0 Å². The van der Waals surface area contributed by atoms with Gasteiger partial charge in [-0.1, -0.05) is 31.9 Å². The predicted molar refractivity (Wildman–Crippen MR) is 71.9 cm³/mol. The average Bonchev–Trinajstić information content (AvgIpc) is 2.78. The molecule has 1 rings (SSSR count). The number of hydrogen-bond acceptors (Lipinski definition) is 5. The van der Waals surface area contributed by atoms with Crippen LogP contribution in [0.2, 0.25) is 0 Å². The molecule has 0 aromatic heterocycles. The highest BCUT2D eigenvalue weighted by molar-refractivity contribution is 4.90. The number of hydrogen-bond donors (Lipinski definition) is 3. The van der Waals surface area contributed by atoms with Gasteiger partial charge in [0.15, 0.2) is 0 Å². The molecule has 3 N–H and O–H groups in total. The fourth-order valence-electron chi connectivity index (χ4n) is 2.12. The van der Waals surface area contributed by atoms with E-state index in [1.807, 2.05) is 6.08 Å². The minimum Gasteiger partial charge on any atom is -0.394 e. The Bertz CT molecular complexity index is 256. The lowest BCUT2D eigenvalue weighted by atomic mass is 10.1. The first-order chi connectivity index (χ1) is 9.20. The van der Waals surface area contributed by atoms with Crippen LogP contribution < -0.4 is 0 Å². The van der Waals surface area contributed by atoms with E-state index in [1.165, 1.54) is 19.3 Å². The van der Waals surface area contributed by atoms with E-state index >= 15 is 0 Å². The molecule has 19 heavy (non-hydrogen) atoms. The molecule has 4 atom stereocenters. The van der Waals surface area contributed by atoms with Crippen LogP contribution >= 0.6 is 0 Å². The van der Waals surface area contributed by atoms with E-state index in [0.717, 1.165) is 6.42 Å². The van der Waals surface area contributed by atoms with E-state index in [-0.39, 0.29) is 6.61 Å². The Morgan fingerprint density at radius 1 is 1.37 bits per heavy atom. The van der Waals surface area contributed by atoms with Crippen molar-refractivity contribution in [3.63, 3.8) is 0 Å². The molecule has 1 heterocycles. The second-order valence-electron chi connectivity index (χ2n) is 4.88. The maximum absolute atomic E-state index is 9.71. The van der Waals surface area contributed by atoms with E-state index in [0.29, 0.717) is 6.61 Å². The standard InChI is InChI=1S/C14H26O5/c1-2-3-4-5-6-7-8-18-14-12(17)10-19-13(14)11(16)9-15/h6-7,11-17H,2-5,8-10H2,1H3/b7-6+/t11-,12+,13+,14+/m1/s1. The normalized spacial score (nSPS) is 29.2. The lowest BCUT2D eigenvalue weighted by Crippen LogP contribution is -2.42. The highest BCUT2D eigenvalue weighted by atomic mass is 16.6. The van der Waals surface area contributed by atoms with Gasteiger partial charge in [0.2, 0.25) is 0 Å². The van der Waals surface area contributed by atoms with Crippen molar-refractivity contribution in [1.29, 1.82) is 0 Å². The smallest absolute Gasteiger partial charge is 0.115 e. The number of aliphatic hydroxyl groups is 3. The summed E-state index contributed by atoms with van der Waals surface area (Å²) in [5, 5.41) is 28.2. The predicted octanol–water partition coefficient (Wildman–Crippen LogP) is 0.621. The van der Waals surface area contributed by atoms with E-state index < -0.39 is 31.0 Å². The van der Waals surface area contributed by atoms with Gasteiger partial charge in [0.05, 0.1) is 19.8 Å². The minimum absolute atomic E-state index is 0.132. The molecule has 0 aromatic rings. The first kappa shape index (κ1) is 16.6. The van der Waals surface area contributed by atoms with Crippen molar-refractivity contribution in [2.75, 3.05) is 19.8 Å². The topological polar surface area (TPSA) is 79.2 Å². The van der Waals surface area contributed by atoms with Gasteiger partial charge in [0.25, 0.3) is 0 Å². The van der Waals surface area contributed by atoms with Crippen molar-refractivity contribution in [3.8, 4) is 0 Å². The van der Waals surface area contributed by atoms with Gasteiger partial charge in [-0.15, -0.1) is 0 Å². The second-order valence-corrected chi connectivity index (χ2v) is 4.88. The van der Waals surface area contributed by atoms with Crippen LogP contribution in [0.4, 0.5) is 0 Å². The number of allylic oxidation sites excluding steroid dienone is 1. The summed E-state index contributed by atoms with van der Waals surface area (Å²) in [5.74, 6) is 0. The molecule has 5 nitrogen and oxygen atoms in total. The Morgan fingerprint density at radius 2 is 2.16 bits per heavy atom. The molecule has 0 amide bonds. The number of unbranched alkanes of at least 4 members (excludes halogenated alkanes) is 3. The number of rotatable bonds is 9. The number of aliphatic hydroxyl groups excluding tert-OH is 3. The molecule has 1 aliphatic heterocycles. The van der Waals surface area contributed by atoms with Crippen LogP contribution in [0.1, 0.15) is 32.6 Å². The van der Waals surface area contributed by atoms with Crippen LogP contribution in [-0.2, 0) is 9.47 Å². The first-order valence-electron chi connectivity index (χ1n) is 7.05. The fourth-order valence-corrected chi connectivity index (χ4v) is 2.12. The third-order valence-corrected chi connectivity index (χ3v) is 3.25.